The summed E-state index contributed by atoms with van der Waals surface area (Å²) in [4.78, 5) is 0. The van der Waals surface area contributed by atoms with E-state index in [4.69, 9.17) is 10.5 Å². The molecule has 0 fully saturated rings. The predicted molar refractivity (Wildman–Crippen MR) is 64.4 cm³/mol. The van der Waals surface area contributed by atoms with Crippen LogP contribution in [0.25, 0.3) is 0 Å². The summed E-state index contributed by atoms with van der Waals surface area (Å²) in [5.74, 6) is 0.0891. The second kappa shape index (κ2) is 6.31. The molecule has 2 N–H and O–H groups in total. The third-order valence-corrected chi connectivity index (χ3v) is 2.96. The van der Waals surface area contributed by atoms with E-state index in [0.29, 0.717) is 5.56 Å². The van der Waals surface area contributed by atoms with Crippen molar-refractivity contribution in [2.75, 3.05) is 20.2 Å². The lowest BCUT2D eigenvalue weighted by Crippen LogP contribution is -2.11. The van der Waals surface area contributed by atoms with E-state index in [1.807, 2.05) is 0 Å². The summed E-state index contributed by atoms with van der Waals surface area (Å²) in [6, 6.07) is 3.44. The molecule has 7 heteroatoms. The normalized spacial score (nSPS) is 13.4. The molecule has 0 spiro atoms. The molecule has 0 bridgehead atoms. The summed E-state index contributed by atoms with van der Waals surface area (Å²) in [5.41, 5.74) is 5.30. The third kappa shape index (κ3) is 4.08. The molecule has 1 aromatic carbocycles. The van der Waals surface area contributed by atoms with Crippen LogP contribution in [0.5, 0.6) is 5.75 Å². The first-order valence-corrected chi connectivity index (χ1v) is 6.29. The molecular formula is C11H14F3NO2S. The quantitative estimate of drug-likeness (QED) is 0.843. The average Bonchev–Trinajstić information content (AvgIpc) is 2.33. The largest absolute Gasteiger partial charge is 0.468 e. The fourth-order valence-electron chi connectivity index (χ4n) is 1.30. The van der Waals surface area contributed by atoms with Gasteiger partial charge in [-0.05, 0) is 30.0 Å². The van der Waals surface area contributed by atoms with E-state index in [0.717, 1.165) is 12.1 Å². The molecule has 0 amide bonds. The topological polar surface area (TPSA) is 44.5 Å². The van der Waals surface area contributed by atoms with Crippen molar-refractivity contribution >= 4 is 11.8 Å². The van der Waals surface area contributed by atoms with E-state index in [9.17, 15) is 13.2 Å². The lowest BCUT2D eigenvalue weighted by Gasteiger charge is -2.15. The number of halogens is 3. The minimum absolute atomic E-state index is 0.0891. The van der Waals surface area contributed by atoms with Crippen LogP contribution in [-0.4, -0.2) is 20.2 Å². The van der Waals surface area contributed by atoms with Gasteiger partial charge in [0.2, 0.25) is 0 Å². The molecule has 1 rings (SSSR count). The van der Waals surface area contributed by atoms with Gasteiger partial charge >= 0.3 is 6.18 Å². The Labute approximate surface area is 107 Å². The van der Waals surface area contributed by atoms with Gasteiger partial charge in [0.15, 0.2) is 6.79 Å². The molecule has 0 aliphatic heterocycles. The Kier molecular flexibility index (Phi) is 5.30. The number of hydrogen-bond donors (Lipinski definition) is 1. The molecule has 3 nitrogen and oxygen atoms in total. The molecule has 0 aromatic heterocycles. The summed E-state index contributed by atoms with van der Waals surface area (Å²) in [5, 5.41) is -0.530. The molecule has 18 heavy (non-hydrogen) atoms. The molecule has 0 aliphatic rings. The van der Waals surface area contributed by atoms with Crippen molar-refractivity contribution in [3.8, 4) is 5.75 Å². The third-order valence-electron chi connectivity index (χ3n) is 2.18. The number of hydrogen-bond acceptors (Lipinski definition) is 4. The van der Waals surface area contributed by atoms with Crippen LogP contribution in [0, 0.1) is 0 Å². The minimum atomic E-state index is -4.43. The van der Waals surface area contributed by atoms with Gasteiger partial charge in [-0.1, -0.05) is 0 Å². The number of ether oxygens (including phenoxy) is 2. The van der Waals surface area contributed by atoms with Crippen LogP contribution in [0.4, 0.5) is 13.2 Å². The van der Waals surface area contributed by atoms with Gasteiger partial charge in [-0.15, -0.1) is 11.8 Å². The van der Waals surface area contributed by atoms with Crippen molar-refractivity contribution in [1.82, 2.24) is 0 Å². The lowest BCUT2D eigenvalue weighted by atomic mass is 10.1. The number of benzene rings is 1. The van der Waals surface area contributed by atoms with Gasteiger partial charge < -0.3 is 15.2 Å². The first-order chi connectivity index (χ1) is 8.38. The van der Waals surface area contributed by atoms with Gasteiger partial charge in [-0.2, -0.15) is 13.2 Å². The van der Waals surface area contributed by atoms with E-state index < -0.39 is 17.1 Å². The Morgan fingerprint density at radius 2 is 2.00 bits per heavy atom. The van der Waals surface area contributed by atoms with Crippen LogP contribution >= 0.6 is 11.8 Å². The number of alkyl halides is 3. The van der Waals surface area contributed by atoms with Crippen molar-refractivity contribution in [2.24, 2.45) is 5.73 Å². The van der Waals surface area contributed by atoms with Crippen molar-refractivity contribution in [1.29, 1.82) is 0 Å². The van der Waals surface area contributed by atoms with E-state index in [1.54, 1.807) is 6.26 Å². The van der Waals surface area contributed by atoms with Crippen LogP contribution in [0.1, 0.15) is 16.5 Å². The summed E-state index contributed by atoms with van der Waals surface area (Å²) in [6.45, 7) is -0.116. The molecule has 1 atom stereocenters. The van der Waals surface area contributed by atoms with Crippen LogP contribution in [0.15, 0.2) is 18.2 Å². The highest BCUT2D eigenvalue weighted by molar-refractivity contribution is 7.98. The van der Waals surface area contributed by atoms with E-state index in [2.05, 4.69) is 4.74 Å². The molecule has 0 saturated carbocycles. The van der Waals surface area contributed by atoms with Crippen LogP contribution in [0.2, 0.25) is 0 Å². The van der Waals surface area contributed by atoms with Crippen LogP contribution in [0.3, 0.4) is 0 Å². The Morgan fingerprint density at radius 1 is 1.33 bits per heavy atom. The molecule has 0 saturated heterocycles. The zero-order valence-electron chi connectivity index (χ0n) is 9.95. The summed E-state index contributed by atoms with van der Waals surface area (Å²) < 4.78 is 47.8. The summed E-state index contributed by atoms with van der Waals surface area (Å²) in [6.07, 6.45) is -2.71. The first-order valence-electron chi connectivity index (χ1n) is 5.00. The molecular weight excluding hydrogens is 267 g/mol. The zero-order chi connectivity index (χ0) is 13.8. The highest BCUT2D eigenvalue weighted by Gasteiger charge is 2.31. The first kappa shape index (κ1) is 15.1. The van der Waals surface area contributed by atoms with Crippen molar-refractivity contribution in [3.63, 3.8) is 0 Å². The van der Waals surface area contributed by atoms with Gasteiger partial charge in [-0.3, -0.25) is 0 Å². The van der Waals surface area contributed by atoms with Gasteiger partial charge in [0, 0.05) is 7.11 Å². The van der Waals surface area contributed by atoms with E-state index in [-0.39, 0.29) is 12.5 Å². The van der Waals surface area contributed by atoms with E-state index >= 15 is 0 Å². The Bertz CT molecular complexity index is 398. The standard InChI is InChI=1S/C11H14F3NO2S/c1-16-6-17-9-4-7(10(15)18-2)3-8(5-9)11(12,13)14/h3-5,10H,6,15H2,1-2H3. The smallest absolute Gasteiger partial charge is 0.416 e. The Hall–Kier alpha value is -0.920. The maximum absolute atomic E-state index is 12.7. The molecule has 1 unspecified atom stereocenters. The molecule has 0 heterocycles. The van der Waals surface area contributed by atoms with Crippen molar-refractivity contribution < 1.29 is 22.6 Å². The number of nitrogens with two attached hydrogens (primary N) is 1. The van der Waals surface area contributed by atoms with Crippen LogP contribution in [-0.2, 0) is 10.9 Å². The highest BCUT2D eigenvalue weighted by atomic mass is 32.2. The number of thioether (sulfide) groups is 1. The molecule has 1 aromatic rings. The maximum atomic E-state index is 12.7. The maximum Gasteiger partial charge on any atom is 0.416 e. The van der Waals surface area contributed by atoms with Gasteiger partial charge in [-0.25, -0.2) is 0 Å². The summed E-state index contributed by atoms with van der Waals surface area (Å²) >= 11 is 1.25. The van der Waals surface area contributed by atoms with Crippen molar-refractivity contribution in [2.45, 2.75) is 11.6 Å². The molecule has 0 aliphatic carbocycles. The SMILES string of the molecule is COCOc1cc(C(N)SC)cc(C(F)(F)F)c1. The second-order valence-electron chi connectivity index (χ2n) is 3.50. The van der Waals surface area contributed by atoms with E-state index in [1.165, 1.54) is 24.9 Å². The van der Waals surface area contributed by atoms with Gasteiger partial charge in [0.05, 0.1) is 10.9 Å². The number of methoxy groups -OCH3 is 1. The van der Waals surface area contributed by atoms with Crippen LogP contribution < -0.4 is 10.5 Å². The Morgan fingerprint density at radius 3 is 2.50 bits per heavy atom. The lowest BCUT2D eigenvalue weighted by molar-refractivity contribution is -0.137. The highest BCUT2D eigenvalue weighted by Crippen LogP contribution is 2.35. The van der Waals surface area contributed by atoms with Crippen molar-refractivity contribution in [3.05, 3.63) is 29.3 Å². The summed E-state index contributed by atoms with van der Waals surface area (Å²) in [7, 11) is 1.39. The monoisotopic (exact) mass is 281 g/mol. The second-order valence-corrected chi connectivity index (χ2v) is 4.47. The Balaban J connectivity index is 3.12. The predicted octanol–water partition coefficient (Wildman–Crippen LogP) is 3.01. The number of rotatable bonds is 5. The fourth-order valence-corrected chi connectivity index (χ4v) is 1.70. The molecule has 102 valence electrons. The average molecular weight is 281 g/mol. The minimum Gasteiger partial charge on any atom is -0.468 e. The fraction of sp³-hybridized carbons (Fsp3) is 0.455. The van der Waals surface area contributed by atoms with Gasteiger partial charge in [0.1, 0.15) is 5.75 Å². The zero-order valence-corrected chi connectivity index (χ0v) is 10.8. The van der Waals surface area contributed by atoms with Gasteiger partial charge in [0.25, 0.3) is 0 Å². The molecule has 0 radical (unpaired) electrons.